The smallest absolute Gasteiger partial charge is 0.322 e. The standard InChI is InChI=1S/C25H40N2O6S/c1-2-3-4-5-6-7-8-9-10-11-12-13-16-22(21(28)15-14-17-23(29)30)34-19-20(26)25(33)27-18-24(31)32/h6-7,9-13,16,20-22,28H,2-5,8,14-15,17-19,26H2,1H3,(H,27,33)(H,29,30)(H,31,32)/b7-6-,10-9-,12-11+,16-13+/t20-,21+,22+/m0/s1. The van der Waals surface area contributed by atoms with Crippen LogP contribution in [0.5, 0.6) is 0 Å². The van der Waals surface area contributed by atoms with E-state index in [-0.39, 0.29) is 12.2 Å². The van der Waals surface area contributed by atoms with Gasteiger partial charge in [-0.3, -0.25) is 14.4 Å². The SMILES string of the molecule is CCCCC/C=C\C\C=C/C=C/C=C/[C@@H](SC[C@H](N)C(=O)NCC(=O)O)[C@H](O)CCCC(=O)O. The maximum Gasteiger partial charge on any atom is 0.322 e. The van der Waals surface area contributed by atoms with Crippen LogP contribution in [0.1, 0.15) is 58.3 Å². The van der Waals surface area contributed by atoms with Gasteiger partial charge in [-0.25, -0.2) is 0 Å². The summed E-state index contributed by atoms with van der Waals surface area (Å²) in [5.74, 6) is -2.49. The third-order valence-electron chi connectivity index (χ3n) is 4.67. The van der Waals surface area contributed by atoms with E-state index in [2.05, 4.69) is 24.4 Å². The average Bonchev–Trinajstić information content (AvgIpc) is 2.79. The molecule has 6 N–H and O–H groups in total. The number of aliphatic hydroxyl groups is 1. The number of carbonyl (C=O) groups excluding carboxylic acids is 1. The average molecular weight is 497 g/mol. The lowest BCUT2D eigenvalue weighted by Gasteiger charge is -2.21. The van der Waals surface area contributed by atoms with Gasteiger partial charge in [-0.05, 0) is 32.1 Å². The summed E-state index contributed by atoms with van der Waals surface area (Å²) in [6.07, 6.45) is 21.1. The van der Waals surface area contributed by atoms with Crippen LogP contribution in [0, 0.1) is 0 Å². The van der Waals surface area contributed by atoms with E-state index in [0.29, 0.717) is 12.8 Å². The number of hydrogen-bond acceptors (Lipinski definition) is 6. The highest BCUT2D eigenvalue weighted by atomic mass is 32.2. The fourth-order valence-corrected chi connectivity index (χ4v) is 3.91. The largest absolute Gasteiger partial charge is 0.481 e. The first-order valence-electron chi connectivity index (χ1n) is 11.7. The number of aliphatic hydroxyl groups excluding tert-OH is 1. The van der Waals surface area contributed by atoms with Gasteiger partial charge in [0.05, 0.1) is 12.1 Å². The molecule has 0 aliphatic carbocycles. The monoisotopic (exact) mass is 496 g/mol. The molecule has 9 heteroatoms. The van der Waals surface area contributed by atoms with Gasteiger partial charge < -0.3 is 26.4 Å². The second-order valence-corrected chi connectivity index (χ2v) is 8.98. The molecular formula is C25H40N2O6S. The molecule has 34 heavy (non-hydrogen) atoms. The molecule has 0 aliphatic rings. The summed E-state index contributed by atoms with van der Waals surface area (Å²) in [5, 5.41) is 29.8. The van der Waals surface area contributed by atoms with Gasteiger partial charge in [-0.15, -0.1) is 11.8 Å². The fraction of sp³-hybridized carbons (Fsp3) is 0.560. The minimum Gasteiger partial charge on any atom is -0.481 e. The molecule has 0 aromatic heterocycles. The van der Waals surface area contributed by atoms with Gasteiger partial charge in [0, 0.05) is 17.4 Å². The summed E-state index contributed by atoms with van der Waals surface area (Å²) in [5.41, 5.74) is 5.82. The Hall–Kier alpha value is -2.36. The summed E-state index contributed by atoms with van der Waals surface area (Å²) in [6, 6.07) is -0.931. The second kappa shape index (κ2) is 21.2. The number of thioether (sulfide) groups is 1. The first kappa shape index (κ1) is 31.6. The number of nitrogens with one attached hydrogen (secondary N) is 1. The molecular weight excluding hydrogens is 456 g/mol. The minimum atomic E-state index is -1.16. The van der Waals surface area contributed by atoms with Crippen molar-refractivity contribution in [2.24, 2.45) is 5.73 Å². The Kier molecular flexibility index (Phi) is 19.7. The van der Waals surface area contributed by atoms with E-state index in [1.807, 2.05) is 24.3 Å². The van der Waals surface area contributed by atoms with Gasteiger partial charge >= 0.3 is 11.9 Å². The van der Waals surface area contributed by atoms with Crippen molar-refractivity contribution in [2.45, 2.75) is 75.7 Å². The zero-order chi connectivity index (χ0) is 25.6. The molecule has 0 spiro atoms. The van der Waals surface area contributed by atoms with Crippen molar-refractivity contribution in [3.63, 3.8) is 0 Å². The Morgan fingerprint density at radius 1 is 0.971 bits per heavy atom. The molecule has 0 saturated heterocycles. The van der Waals surface area contributed by atoms with Gasteiger partial charge in [0.15, 0.2) is 0 Å². The molecule has 0 radical (unpaired) electrons. The molecule has 8 nitrogen and oxygen atoms in total. The summed E-state index contributed by atoms with van der Waals surface area (Å²) in [6.45, 7) is 1.68. The summed E-state index contributed by atoms with van der Waals surface area (Å²) in [7, 11) is 0. The zero-order valence-electron chi connectivity index (χ0n) is 20.0. The predicted octanol–water partition coefficient (Wildman–Crippen LogP) is 3.43. The maximum absolute atomic E-state index is 11.9. The quantitative estimate of drug-likeness (QED) is 0.0977. The number of unbranched alkanes of at least 4 members (excludes halogenated alkanes) is 3. The van der Waals surface area contributed by atoms with E-state index in [1.54, 1.807) is 12.2 Å². The number of nitrogens with two attached hydrogens (primary N) is 1. The van der Waals surface area contributed by atoms with E-state index in [1.165, 1.54) is 31.0 Å². The Balaban J connectivity index is 4.70. The topological polar surface area (TPSA) is 150 Å². The van der Waals surface area contributed by atoms with Crippen LogP contribution in [0.2, 0.25) is 0 Å². The number of allylic oxidation sites excluding steroid dienone is 7. The summed E-state index contributed by atoms with van der Waals surface area (Å²) in [4.78, 5) is 33.2. The number of aliphatic carboxylic acids is 2. The third kappa shape index (κ3) is 19.1. The van der Waals surface area contributed by atoms with E-state index in [9.17, 15) is 19.5 Å². The molecule has 0 rings (SSSR count). The zero-order valence-corrected chi connectivity index (χ0v) is 20.8. The Morgan fingerprint density at radius 2 is 1.71 bits per heavy atom. The van der Waals surface area contributed by atoms with Crippen molar-refractivity contribution in [1.29, 1.82) is 0 Å². The van der Waals surface area contributed by atoms with Gasteiger partial charge in [-0.2, -0.15) is 0 Å². The molecule has 0 saturated carbocycles. The number of amides is 1. The molecule has 0 fully saturated rings. The second-order valence-electron chi connectivity index (χ2n) is 7.77. The molecule has 0 unspecified atom stereocenters. The highest BCUT2D eigenvalue weighted by molar-refractivity contribution is 8.00. The number of hydrogen-bond donors (Lipinski definition) is 5. The number of carbonyl (C=O) groups is 3. The van der Waals surface area contributed by atoms with Crippen LogP contribution in [-0.4, -0.2) is 62.9 Å². The number of carboxylic acids is 2. The third-order valence-corrected chi connectivity index (χ3v) is 6.08. The number of carboxylic acid groups (broad SMARTS) is 2. The van der Waals surface area contributed by atoms with Gasteiger partial charge in [-0.1, -0.05) is 68.4 Å². The lowest BCUT2D eigenvalue weighted by Crippen LogP contribution is -2.44. The van der Waals surface area contributed by atoms with Crippen LogP contribution in [0.15, 0.2) is 48.6 Å². The maximum atomic E-state index is 11.9. The van der Waals surface area contributed by atoms with Gasteiger partial charge in [0.2, 0.25) is 5.91 Å². The molecule has 0 aromatic carbocycles. The minimum absolute atomic E-state index is 0.0347. The first-order chi connectivity index (χ1) is 16.3. The molecule has 0 heterocycles. The van der Waals surface area contributed by atoms with Gasteiger partial charge in [0.25, 0.3) is 0 Å². The fourth-order valence-electron chi connectivity index (χ4n) is 2.77. The van der Waals surface area contributed by atoms with Gasteiger partial charge in [0.1, 0.15) is 6.54 Å². The molecule has 0 bridgehead atoms. The van der Waals surface area contributed by atoms with Crippen LogP contribution in [0.25, 0.3) is 0 Å². The van der Waals surface area contributed by atoms with Crippen molar-refractivity contribution in [2.75, 3.05) is 12.3 Å². The van der Waals surface area contributed by atoms with Crippen LogP contribution < -0.4 is 11.1 Å². The van der Waals surface area contributed by atoms with Crippen LogP contribution in [0.3, 0.4) is 0 Å². The molecule has 1 amide bonds. The summed E-state index contributed by atoms with van der Waals surface area (Å²) < 4.78 is 0. The van der Waals surface area contributed by atoms with Crippen molar-refractivity contribution >= 4 is 29.6 Å². The van der Waals surface area contributed by atoms with E-state index < -0.39 is 41.8 Å². The van der Waals surface area contributed by atoms with E-state index in [4.69, 9.17) is 15.9 Å². The first-order valence-corrected chi connectivity index (χ1v) is 12.7. The molecule has 3 atom stereocenters. The molecule has 0 aliphatic heterocycles. The highest BCUT2D eigenvalue weighted by Gasteiger charge is 2.21. The molecule has 0 aromatic rings. The molecule has 192 valence electrons. The van der Waals surface area contributed by atoms with Crippen LogP contribution >= 0.6 is 11.8 Å². The van der Waals surface area contributed by atoms with Crippen molar-refractivity contribution in [3.05, 3.63) is 48.6 Å². The highest BCUT2D eigenvalue weighted by Crippen LogP contribution is 2.21. The van der Waals surface area contributed by atoms with Crippen molar-refractivity contribution in [3.8, 4) is 0 Å². The summed E-state index contributed by atoms with van der Waals surface area (Å²) >= 11 is 1.26. The number of rotatable bonds is 20. The normalized spacial score (nSPS) is 14.8. The van der Waals surface area contributed by atoms with E-state index >= 15 is 0 Å². The van der Waals surface area contributed by atoms with Crippen molar-refractivity contribution < 1.29 is 29.7 Å². The van der Waals surface area contributed by atoms with Crippen molar-refractivity contribution in [1.82, 2.24) is 5.32 Å². The van der Waals surface area contributed by atoms with Crippen LogP contribution in [0.4, 0.5) is 0 Å². The van der Waals surface area contributed by atoms with E-state index in [0.717, 1.165) is 12.8 Å². The lowest BCUT2D eigenvalue weighted by atomic mass is 10.1. The van der Waals surface area contributed by atoms with Crippen LogP contribution in [-0.2, 0) is 14.4 Å². The lowest BCUT2D eigenvalue weighted by molar-refractivity contribution is -0.138. The Labute approximate surface area is 207 Å². The predicted molar refractivity (Wildman–Crippen MR) is 138 cm³/mol. The Morgan fingerprint density at radius 3 is 2.38 bits per heavy atom. The Bertz CT molecular complexity index is 706.